The summed E-state index contributed by atoms with van der Waals surface area (Å²) in [5.41, 5.74) is 7.20. The number of aliphatic hydroxyl groups excluding tert-OH is 1. The number of anilines is 1. The summed E-state index contributed by atoms with van der Waals surface area (Å²) in [4.78, 5) is 14.0. The Kier molecular flexibility index (Phi) is 8.15. The van der Waals surface area contributed by atoms with Gasteiger partial charge in [0.25, 0.3) is 0 Å². The first kappa shape index (κ1) is 28.5. The summed E-state index contributed by atoms with van der Waals surface area (Å²) in [6.45, 7) is 9.17. The molecule has 0 bridgehead atoms. The molecule has 0 spiro atoms. The maximum atomic E-state index is 13.9. The molecule has 40 heavy (non-hydrogen) atoms. The Morgan fingerprint density at radius 1 is 0.975 bits per heavy atom. The highest BCUT2D eigenvalue weighted by Crippen LogP contribution is 2.43. The van der Waals surface area contributed by atoms with Gasteiger partial charge in [-0.05, 0) is 91.7 Å². The van der Waals surface area contributed by atoms with Crippen LogP contribution in [0.15, 0.2) is 65.6 Å². The van der Waals surface area contributed by atoms with E-state index in [0.717, 1.165) is 30.5 Å². The summed E-state index contributed by atoms with van der Waals surface area (Å²) in [6, 6.07) is 19.8. The number of hydrogen-bond donors (Lipinski definition) is 2. The highest BCUT2D eigenvalue weighted by molar-refractivity contribution is 7.89. The number of sulfonamides is 1. The minimum absolute atomic E-state index is 0.0160. The molecule has 2 fully saturated rings. The van der Waals surface area contributed by atoms with Crippen molar-refractivity contribution in [1.82, 2.24) is 9.21 Å². The number of hydrogen-bond acceptors (Lipinski definition) is 5. The third kappa shape index (κ3) is 5.33. The molecule has 2 aliphatic heterocycles. The molecule has 3 atom stereocenters. The SMILES string of the molecule is CC(=O)Nc1ccc(S(=O)(=O)N2CCCCN3C(CO)[C@@H](c4ccc(-c5cccc(C)c5C)cc4)[C@@H]3C2)c(C)c1. The molecule has 1 unspecified atom stereocenters. The van der Waals surface area contributed by atoms with E-state index in [0.29, 0.717) is 24.3 Å². The lowest BCUT2D eigenvalue weighted by atomic mass is 9.74. The number of aryl methyl sites for hydroxylation is 2. The number of carbonyl (C=O) groups is 1. The van der Waals surface area contributed by atoms with E-state index in [1.165, 1.54) is 23.6 Å². The number of carbonyl (C=O) groups excluding carboxylic acids is 1. The predicted octanol–water partition coefficient (Wildman–Crippen LogP) is 4.85. The maximum absolute atomic E-state index is 13.9. The van der Waals surface area contributed by atoms with Crippen LogP contribution in [0, 0.1) is 20.8 Å². The molecule has 2 saturated heterocycles. The average molecular weight is 562 g/mol. The van der Waals surface area contributed by atoms with Gasteiger partial charge >= 0.3 is 0 Å². The molecule has 2 N–H and O–H groups in total. The van der Waals surface area contributed by atoms with E-state index in [-0.39, 0.29) is 35.4 Å². The number of nitrogens with one attached hydrogen (secondary N) is 1. The van der Waals surface area contributed by atoms with E-state index in [2.05, 4.69) is 66.5 Å². The fourth-order valence-electron chi connectivity index (χ4n) is 6.43. The lowest BCUT2D eigenvalue weighted by molar-refractivity contribution is -0.114. The molecule has 212 valence electrons. The van der Waals surface area contributed by atoms with Gasteiger partial charge in [0.05, 0.1) is 11.5 Å². The van der Waals surface area contributed by atoms with Crippen LogP contribution in [0.25, 0.3) is 11.1 Å². The second-order valence-corrected chi connectivity index (χ2v) is 13.1. The van der Waals surface area contributed by atoms with Crippen molar-refractivity contribution in [2.24, 2.45) is 0 Å². The molecule has 0 saturated carbocycles. The van der Waals surface area contributed by atoms with Gasteiger partial charge in [0.15, 0.2) is 0 Å². The molecule has 2 aliphatic rings. The van der Waals surface area contributed by atoms with Gasteiger partial charge in [0.1, 0.15) is 0 Å². The molecule has 0 aliphatic carbocycles. The van der Waals surface area contributed by atoms with Gasteiger partial charge in [-0.2, -0.15) is 4.31 Å². The average Bonchev–Trinajstić information content (AvgIpc) is 2.89. The van der Waals surface area contributed by atoms with E-state index in [1.807, 2.05) is 0 Å². The largest absolute Gasteiger partial charge is 0.395 e. The molecule has 5 rings (SSSR count). The van der Waals surface area contributed by atoms with Gasteiger partial charge < -0.3 is 10.4 Å². The summed E-state index contributed by atoms with van der Waals surface area (Å²) in [7, 11) is -3.75. The lowest BCUT2D eigenvalue weighted by Crippen LogP contribution is -2.67. The monoisotopic (exact) mass is 561 g/mol. The third-order valence-electron chi connectivity index (χ3n) is 8.66. The van der Waals surface area contributed by atoms with Crippen molar-refractivity contribution in [2.45, 2.75) is 63.4 Å². The number of amides is 1. The van der Waals surface area contributed by atoms with Gasteiger partial charge in [-0.3, -0.25) is 9.69 Å². The van der Waals surface area contributed by atoms with Crippen LogP contribution in [-0.4, -0.2) is 67.0 Å². The maximum Gasteiger partial charge on any atom is 0.243 e. The zero-order chi connectivity index (χ0) is 28.6. The first-order valence-electron chi connectivity index (χ1n) is 14.0. The Bertz CT molecular complexity index is 1500. The summed E-state index contributed by atoms with van der Waals surface area (Å²) in [6.07, 6.45) is 1.64. The molecule has 0 aromatic heterocycles. The van der Waals surface area contributed by atoms with Gasteiger partial charge in [0.2, 0.25) is 15.9 Å². The van der Waals surface area contributed by atoms with Crippen molar-refractivity contribution >= 4 is 21.6 Å². The number of benzene rings is 3. The van der Waals surface area contributed by atoms with Crippen molar-refractivity contribution in [3.05, 3.63) is 82.9 Å². The van der Waals surface area contributed by atoms with Crippen molar-refractivity contribution in [1.29, 1.82) is 0 Å². The highest BCUT2D eigenvalue weighted by atomic mass is 32.2. The van der Waals surface area contributed by atoms with Crippen LogP contribution in [-0.2, 0) is 14.8 Å². The molecular formula is C32H39N3O4S. The molecule has 3 aromatic rings. The van der Waals surface area contributed by atoms with Crippen LogP contribution in [0.2, 0.25) is 0 Å². The van der Waals surface area contributed by atoms with Crippen LogP contribution in [0.1, 0.15) is 47.9 Å². The van der Waals surface area contributed by atoms with Gasteiger partial charge in [-0.15, -0.1) is 0 Å². The highest BCUT2D eigenvalue weighted by Gasteiger charge is 2.50. The van der Waals surface area contributed by atoms with Crippen LogP contribution in [0.4, 0.5) is 5.69 Å². The number of nitrogens with zero attached hydrogens (tertiary/aromatic N) is 2. The first-order valence-corrected chi connectivity index (χ1v) is 15.5. The second-order valence-electron chi connectivity index (χ2n) is 11.2. The van der Waals surface area contributed by atoms with Crippen molar-refractivity contribution in [3.8, 4) is 11.1 Å². The minimum atomic E-state index is -3.75. The molecule has 3 aromatic carbocycles. The van der Waals surface area contributed by atoms with E-state index in [9.17, 15) is 18.3 Å². The summed E-state index contributed by atoms with van der Waals surface area (Å²) in [5, 5.41) is 13.1. The van der Waals surface area contributed by atoms with Crippen molar-refractivity contribution in [2.75, 3.05) is 31.6 Å². The zero-order valence-electron chi connectivity index (χ0n) is 23.7. The number of rotatable bonds is 6. The smallest absolute Gasteiger partial charge is 0.243 e. The Hall–Kier alpha value is -3.04. The van der Waals surface area contributed by atoms with Crippen LogP contribution < -0.4 is 5.32 Å². The zero-order valence-corrected chi connectivity index (χ0v) is 24.5. The summed E-state index contributed by atoms with van der Waals surface area (Å²) < 4.78 is 29.4. The normalized spacial score (nSPS) is 22.1. The standard InChI is InChI=1S/C32H39N3O4S/c1-21-8-7-9-28(23(21)3)25-10-12-26(13-11-25)32-29-19-34(16-5-6-17-35(29)30(32)20-36)40(38,39)31-15-14-27(18-22(31)2)33-24(4)37/h7-15,18,29-30,32,36H,5-6,16-17,19-20H2,1-4H3,(H,33,37)/t29-,30?,32-/m0/s1. The second kappa shape index (κ2) is 11.4. The summed E-state index contributed by atoms with van der Waals surface area (Å²) in [5.74, 6) is -0.160. The predicted molar refractivity (Wildman–Crippen MR) is 159 cm³/mol. The molecule has 1 amide bonds. The topological polar surface area (TPSA) is 90.0 Å². The Morgan fingerprint density at radius 2 is 1.70 bits per heavy atom. The van der Waals surface area contributed by atoms with Gasteiger partial charge in [-0.25, -0.2) is 8.42 Å². The van der Waals surface area contributed by atoms with E-state index >= 15 is 0 Å². The van der Waals surface area contributed by atoms with Crippen LogP contribution in [0.5, 0.6) is 0 Å². The Labute approximate surface area is 237 Å². The molecular weight excluding hydrogens is 522 g/mol. The van der Waals surface area contributed by atoms with Crippen LogP contribution >= 0.6 is 0 Å². The van der Waals surface area contributed by atoms with Crippen LogP contribution in [0.3, 0.4) is 0 Å². The third-order valence-corrected chi connectivity index (χ3v) is 10.7. The van der Waals surface area contributed by atoms with E-state index < -0.39 is 10.0 Å². The summed E-state index contributed by atoms with van der Waals surface area (Å²) >= 11 is 0. The van der Waals surface area contributed by atoms with E-state index in [1.54, 1.807) is 29.4 Å². The minimum Gasteiger partial charge on any atom is -0.395 e. The molecule has 0 radical (unpaired) electrons. The van der Waals surface area contributed by atoms with E-state index in [4.69, 9.17) is 0 Å². The molecule has 2 heterocycles. The van der Waals surface area contributed by atoms with Gasteiger partial charge in [0, 0.05) is 43.7 Å². The number of fused-ring (bicyclic) bond motifs is 1. The first-order chi connectivity index (χ1) is 19.1. The van der Waals surface area contributed by atoms with Gasteiger partial charge in [-0.1, -0.05) is 42.5 Å². The molecule has 8 heteroatoms. The lowest BCUT2D eigenvalue weighted by Gasteiger charge is -2.57. The fourth-order valence-corrected chi connectivity index (χ4v) is 8.14. The van der Waals surface area contributed by atoms with Crippen molar-refractivity contribution < 1.29 is 18.3 Å². The molecule has 7 nitrogen and oxygen atoms in total. The number of aliphatic hydroxyl groups is 1. The Balaban J connectivity index is 1.42. The Morgan fingerprint density at radius 3 is 2.38 bits per heavy atom. The fraction of sp³-hybridized carbons (Fsp3) is 0.406. The quantitative estimate of drug-likeness (QED) is 0.449. The van der Waals surface area contributed by atoms with Crippen molar-refractivity contribution in [3.63, 3.8) is 0 Å².